The Morgan fingerprint density at radius 2 is 2.24 bits per heavy atom. The van der Waals surface area contributed by atoms with Crippen LogP contribution in [0, 0.1) is 10.1 Å². The molecule has 0 saturated heterocycles. The molecule has 1 aromatic heterocycles. The fourth-order valence-corrected chi connectivity index (χ4v) is 2.07. The first kappa shape index (κ1) is 15.0. The number of nitro groups is 1. The van der Waals surface area contributed by atoms with Crippen LogP contribution in [0.1, 0.15) is 16.1 Å². The highest BCUT2D eigenvalue weighted by Crippen LogP contribution is 2.27. The van der Waals surface area contributed by atoms with E-state index in [1.807, 2.05) is 5.43 Å². The van der Waals surface area contributed by atoms with E-state index in [4.69, 9.17) is 15.0 Å². The van der Waals surface area contributed by atoms with Crippen molar-refractivity contribution in [2.45, 2.75) is 6.61 Å². The Morgan fingerprint density at radius 3 is 2.90 bits per heavy atom. The van der Waals surface area contributed by atoms with Gasteiger partial charge >= 0.3 is 5.91 Å². The molecule has 0 saturated carbocycles. The second-order valence-corrected chi connectivity index (χ2v) is 4.86. The largest absolute Gasteiger partial charge is 0.488 e. The van der Waals surface area contributed by atoms with E-state index in [0.29, 0.717) is 10.0 Å². The fourth-order valence-electron chi connectivity index (χ4n) is 1.61. The third-order valence-electron chi connectivity index (χ3n) is 2.55. The Bertz CT molecular complexity index is 685. The van der Waals surface area contributed by atoms with Crippen LogP contribution in [0.2, 0.25) is 0 Å². The Labute approximate surface area is 127 Å². The van der Waals surface area contributed by atoms with Crippen molar-refractivity contribution in [2.75, 3.05) is 0 Å². The number of hydrogen-bond acceptors (Lipinski definition) is 6. The summed E-state index contributed by atoms with van der Waals surface area (Å²) in [5.41, 5.74) is 2.32. The summed E-state index contributed by atoms with van der Waals surface area (Å²) in [5, 5.41) is 10.8. The van der Waals surface area contributed by atoms with Gasteiger partial charge in [-0.05, 0) is 12.1 Å². The van der Waals surface area contributed by atoms with Gasteiger partial charge < -0.3 is 9.15 Å². The summed E-state index contributed by atoms with van der Waals surface area (Å²) in [5.74, 6) is 4.76. The van der Waals surface area contributed by atoms with E-state index in [9.17, 15) is 14.9 Å². The van der Waals surface area contributed by atoms with Gasteiger partial charge in [-0.3, -0.25) is 20.3 Å². The molecule has 0 aliphatic heterocycles. The first-order valence-electron chi connectivity index (χ1n) is 5.66. The van der Waals surface area contributed by atoms with E-state index in [1.165, 1.54) is 18.4 Å². The van der Waals surface area contributed by atoms with Gasteiger partial charge in [0.2, 0.25) is 0 Å². The van der Waals surface area contributed by atoms with Crippen LogP contribution in [0.25, 0.3) is 0 Å². The topological polar surface area (TPSA) is 121 Å². The molecular formula is C12H10BrN3O5. The Kier molecular flexibility index (Phi) is 4.55. The third-order valence-corrected chi connectivity index (χ3v) is 3.00. The minimum Gasteiger partial charge on any atom is -0.488 e. The SMILES string of the molecule is NNC(=O)c1occc1COc1cc(Br)cc([N+](=O)[O-])c1. The van der Waals surface area contributed by atoms with Crippen LogP contribution in [0.5, 0.6) is 5.75 Å². The molecule has 1 heterocycles. The highest BCUT2D eigenvalue weighted by Gasteiger charge is 2.15. The van der Waals surface area contributed by atoms with Crippen LogP contribution in [-0.4, -0.2) is 10.8 Å². The number of carbonyl (C=O) groups is 1. The molecule has 3 N–H and O–H groups in total. The molecule has 2 rings (SSSR count). The molecule has 0 aliphatic carbocycles. The van der Waals surface area contributed by atoms with Crippen molar-refractivity contribution in [3.05, 3.63) is 56.4 Å². The van der Waals surface area contributed by atoms with Crippen molar-refractivity contribution in [3.63, 3.8) is 0 Å². The third kappa shape index (κ3) is 3.58. The number of rotatable bonds is 5. The number of nitrogens with zero attached hydrogens (tertiary/aromatic N) is 1. The summed E-state index contributed by atoms with van der Waals surface area (Å²) >= 11 is 3.17. The minimum absolute atomic E-state index is 0.00681. The van der Waals surface area contributed by atoms with Crippen molar-refractivity contribution in [1.82, 2.24) is 5.43 Å². The lowest BCUT2D eigenvalue weighted by molar-refractivity contribution is -0.385. The predicted octanol–water partition coefficient (Wildman–Crippen LogP) is 2.13. The van der Waals surface area contributed by atoms with Crippen molar-refractivity contribution in [1.29, 1.82) is 0 Å². The van der Waals surface area contributed by atoms with Gasteiger partial charge in [-0.1, -0.05) is 15.9 Å². The fraction of sp³-hybridized carbons (Fsp3) is 0.0833. The molecule has 2 aromatic rings. The lowest BCUT2D eigenvalue weighted by atomic mass is 10.2. The molecule has 1 amide bonds. The second-order valence-electron chi connectivity index (χ2n) is 3.94. The molecule has 0 bridgehead atoms. The molecule has 9 heteroatoms. The number of furan rings is 1. The van der Waals surface area contributed by atoms with Gasteiger partial charge in [0.05, 0.1) is 17.3 Å². The van der Waals surface area contributed by atoms with E-state index in [1.54, 1.807) is 12.1 Å². The number of nitrogens with one attached hydrogen (secondary N) is 1. The number of amides is 1. The number of ether oxygens (including phenoxy) is 1. The zero-order chi connectivity index (χ0) is 15.4. The smallest absolute Gasteiger partial charge is 0.301 e. The highest BCUT2D eigenvalue weighted by molar-refractivity contribution is 9.10. The Hall–Kier alpha value is -2.39. The van der Waals surface area contributed by atoms with Crippen LogP contribution in [0.4, 0.5) is 5.69 Å². The average molecular weight is 356 g/mol. The summed E-state index contributed by atoms with van der Waals surface area (Å²) in [6.45, 7) is 0.00681. The van der Waals surface area contributed by atoms with Gasteiger partial charge in [0, 0.05) is 16.1 Å². The number of non-ortho nitro benzene ring substituents is 1. The molecular weight excluding hydrogens is 346 g/mol. The molecule has 1 aromatic carbocycles. The van der Waals surface area contributed by atoms with Gasteiger partial charge in [0.25, 0.3) is 5.69 Å². The number of nitro benzene ring substituents is 1. The Balaban J connectivity index is 2.15. The van der Waals surface area contributed by atoms with Crippen LogP contribution in [0.15, 0.2) is 39.4 Å². The number of halogens is 1. The van der Waals surface area contributed by atoms with E-state index < -0.39 is 10.8 Å². The maximum atomic E-state index is 11.4. The zero-order valence-electron chi connectivity index (χ0n) is 10.5. The van der Waals surface area contributed by atoms with E-state index in [2.05, 4.69) is 15.9 Å². The number of hydrogen-bond donors (Lipinski definition) is 2. The molecule has 21 heavy (non-hydrogen) atoms. The molecule has 0 fully saturated rings. The maximum absolute atomic E-state index is 11.4. The van der Waals surface area contributed by atoms with Crippen molar-refractivity contribution in [2.24, 2.45) is 5.84 Å². The van der Waals surface area contributed by atoms with E-state index in [0.717, 1.165) is 0 Å². The number of nitrogens with two attached hydrogens (primary N) is 1. The molecule has 8 nitrogen and oxygen atoms in total. The first-order valence-corrected chi connectivity index (χ1v) is 6.45. The van der Waals surface area contributed by atoms with Gasteiger partial charge in [-0.25, -0.2) is 5.84 Å². The standard InChI is InChI=1S/C12H10BrN3O5/c13-8-3-9(16(18)19)5-10(4-8)21-6-7-1-2-20-11(7)12(17)15-14/h1-5H,6,14H2,(H,15,17). The lowest BCUT2D eigenvalue weighted by Crippen LogP contribution is -2.30. The summed E-state index contributed by atoms with van der Waals surface area (Å²) < 4.78 is 11.0. The minimum atomic E-state index is -0.584. The van der Waals surface area contributed by atoms with Crippen LogP contribution in [0.3, 0.4) is 0 Å². The number of hydrazine groups is 1. The second kappa shape index (κ2) is 6.37. The van der Waals surface area contributed by atoms with Crippen molar-refractivity contribution >= 4 is 27.5 Å². The molecule has 0 aliphatic rings. The van der Waals surface area contributed by atoms with Gasteiger partial charge in [0.1, 0.15) is 12.4 Å². The molecule has 0 unspecified atom stereocenters. The lowest BCUT2D eigenvalue weighted by Gasteiger charge is -2.06. The summed E-state index contributed by atoms with van der Waals surface area (Å²) in [4.78, 5) is 21.7. The number of carbonyl (C=O) groups excluding carboxylic acids is 1. The number of nitrogen functional groups attached to an aromatic ring is 1. The quantitative estimate of drug-likeness (QED) is 0.366. The molecule has 0 spiro atoms. The van der Waals surface area contributed by atoms with E-state index in [-0.39, 0.29) is 23.8 Å². The number of benzene rings is 1. The highest BCUT2D eigenvalue weighted by atomic mass is 79.9. The van der Waals surface area contributed by atoms with Crippen LogP contribution in [-0.2, 0) is 6.61 Å². The van der Waals surface area contributed by atoms with Gasteiger partial charge in [0.15, 0.2) is 5.76 Å². The van der Waals surface area contributed by atoms with E-state index >= 15 is 0 Å². The van der Waals surface area contributed by atoms with Gasteiger partial charge in [-0.15, -0.1) is 0 Å². The molecule has 0 atom stereocenters. The summed E-state index contributed by atoms with van der Waals surface area (Å²) in [6, 6.07) is 5.78. The van der Waals surface area contributed by atoms with Crippen LogP contribution < -0.4 is 16.0 Å². The molecule has 110 valence electrons. The zero-order valence-corrected chi connectivity index (χ0v) is 12.1. The predicted molar refractivity (Wildman–Crippen MR) is 75.5 cm³/mol. The monoisotopic (exact) mass is 355 g/mol. The van der Waals surface area contributed by atoms with Crippen molar-refractivity contribution in [3.8, 4) is 5.75 Å². The van der Waals surface area contributed by atoms with Gasteiger partial charge in [-0.2, -0.15) is 0 Å². The molecule has 0 radical (unpaired) electrons. The average Bonchev–Trinajstić information content (AvgIpc) is 2.92. The summed E-state index contributed by atoms with van der Waals surface area (Å²) in [7, 11) is 0. The van der Waals surface area contributed by atoms with Crippen molar-refractivity contribution < 1.29 is 18.9 Å². The first-order chi connectivity index (χ1) is 10.0. The summed E-state index contributed by atoms with van der Waals surface area (Å²) in [6.07, 6.45) is 1.33. The normalized spacial score (nSPS) is 10.2. The maximum Gasteiger partial charge on any atom is 0.301 e. The van der Waals surface area contributed by atoms with Crippen LogP contribution >= 0.6 is 15.9 Å². The Morgan fingerprint density at radius 1 is 1.48 bits per heavy atom.